The van der Waals surface area contributed by atoms with Crippen LogP contribution in [0.3, 0.4) is 0 Å². The predicted octanol–water partition coefficient (Wildman–Crippen LogP) is 1.34. The maximum Gasteiger partial charge on any atom is 0.128 e. The van der Waals surface area contributed by atoms with Crippen LogP contribution in [0.15, 0.2) is 18.2 Å². The number of anilines is 2. The highest BCUT2D eigenvalue weighted by Gasteiger charge is 2.13. The number of nitrogens with zero attached hydrogens (tertiary/aromatic N) is 1. The minimum atomic E-state index is 0.119. The van der Waals surface area contributed by atoms with E-state index in [0.717, 1.165) is 24.7 Å². The summed E-state index contributed by atoms with van der Waals surface area (Å²) in [5, 5.41) is 6.44. The molecule has 2 N–H and O–H groups in total. The van der Waals surface area contributed by atoms with Crippen LogP contribution in [-0.4, -0.2) is 44.0 Å². The van der Waals surface area contributed by atoms with E-state index in [4.69, 9.17) is 9.47 Å². The second kappa shape index (κ2) is 6.42. The normalized spacial score (nSPS) is 19.9. The van der Waals surface area contributed by atoms with E-state index in [2.05, 4.69) is 22.5 Å². The van der Waals surface area contributed by atoms with Gasteiger partial charge < -0.3 is 20.1 Å². The Morgan fingerprint density at radius 3 is 2.82 bits per heavy atom. The average molecular weight is 237 g/mol. The van der Waals surface area contributed by atoms with Gasteiger partial charge in [-0.3, -0.25) is 0 Å². The lowest BCUT2D eigenvalue weighted by atomic mass is 10.3. The summed E-state index contributed by atoms with van der Waals surface area (Å²) < 4.78 is 10.9. The van der Waals surface area contributed by atoms with E-state index in [1.54, 1.807) is 0 Å². The van der Waals surface area contributed by atoms with Gasteiger partial charge >= 0.3 is 0 Å². The average Bonchev–Trinajstić information content (AvgIpc) is 2.39. The summed E-state index contributed by atoms with van der Waals surface area (Å²) in [6, 6.07) is 5.88. The van der Waals surface area contributed by atoms with E-state index < -0.39 is 0 Å². The summed E-state index contributed by atoms with van der Waals surface area (Å²) in [7, 11) is 0. The van der Waals surface area contributed by atoms with Crippen LogP contribution in [0.4, 0.5) is 11.6 Å². The van der Waals surface area contributed by atoms with Crippen LogP contribution in [-0.2, 0) is 9.47 Å². The second-order valence-corrected chi connectivity index (χ2v) is 3.89. The van der Waals surface area contributed by atoms with Gasteiger partial charge in [0.15, 0.2) is 0 Å². The molecule has 5 heteroatoms. The van der Waals surface area contributed by atoms with Crippen molar-refractivity contribution in [1.82, 2.24) is 4.98 Å². The number of aromatic nitrogens is 1. The molecular formula is C12H19N3O2. The second-order valence-electron chi connectivity index (χ2n) is 3.89. The molecule has 1 fully saturated rings. The molecule has 5 nitrogen and oxygen atoms in total. The monoisotopic (exact) mass is 237 g/mol. The first-order valence-electron chi connectivity index (χ1n) is 6.02. The molecule has 1 aliphatic rings. The van der Waals surface area contributed by atoms with Gasteiger partial charge in [0.25, 0.3) is 0 Å². The molecule has 1 aromatic rings. The summed E-state index contributed by atoms with van der Waals surface area (Å²) in [5.41, 5.74) is 0. The SMILES string of the molecule is CCNc1cccc(NCC2COCCO2)n1. The molecule has 0 bridgehead atoms. The Labute approximate surface area is 102 Å². The fourth-order valence-electron chi connectivity index (χ4n) is 1.69. The predicted molar refractivity (Wildman–Crippen MR) is 67.4 cm³/mol. The van der Waals surface area contributed by atoms with Crippen LogP contribution < -0.4 is 10.6 Å². The first kappa shape index (κ1) is 12.1. The number of rotatable bonds is 5. The molecule has 1 unspecified atom stereocenters. The van der Waals surface area contributed by atoms with Crippen molar-refractivity contribution in [3.8, 4) is 0 Å². The Morgan fingerprint density at radius 2 is 2.12 bits per heavy atom. The lowest BCUT2D eigenvalue weighted by molar-refractivity contribution is -0.0819. The first-order valence-corrected chi connectivity index (χ1v) is 6.02. The number of hydrogen-bond acceptors (Lipinski definition) is 5. The molecule has 2 heterocycles. The van der Waals surface area contributed by atoms with E-state index in [9.17, 15) is 0 Å². The van der Waals surface area contributed by atoms with Gasteiger partial charge in [-0.05, 0) is 19.1 Å². The maximum absolute atomic E-state index is 5.55. The van der Waals surface area contributed by atoms with Crippen molar-refractivity contribution >= 4 is 11.6 Å². The zero-order chi connectivity index (χ0) is 11.9. The number of pyridine rings is 1. The van der Waals surface area contributed by atoms with Gasteiger partial charge in [0.2, 0.25) is 0 Å². The molecule has 2 rings (SSSR count). The molecule has 1 atom stereocenters. The summed E-state index contributed by atoms with van der Waals surface area (Å²) in [5.74, 6) is 1.75. The minimum absolute atomic E-state index is 0.119. The number of ether oxygens (including phenoxy) is 2. The van der Waals surface area contributed by atoms with Gasteiger partial charge in [0.05, 0.1) is 25.9 Å². The van der Waals surface area contributed by atoms with Gasteiger partial charge in [0.1, 0.15) is 11.6 Å². The fraction of sp³-hybridized carbons (Fsp3) is 0.583. The first-order chi connectivity index (χ1) is 8.38. The highest BCUT2D eigenvalue weighted by Crippen LogP contribution is 2.09. The van der Waals surface area contributed by atoms with Crippen LogP contribution in [0.1, 0.15) is 6.92 Å². The minimum Gasteiger partial charge on any atom is -0.376 e. The molecule has 0 amide bonds. The smallest absolute Gasteiger partial charge is 0.128 e. The molecule has 94 valence electrons. The summed E-state index contributed by atoms with van der Waals surface area (Å²) in [6.45, 7) is 5.68. The fourth-order valence-corrected chi connectivity index (χ4v) is 1.69. The van der Waals surface area contributed by atoms with E-state index in [1.807, 2.05) is 18.2 Å². The van der Waals surface area contributed by atoms with Crippen LogP contribution in [0.5, 0.6) is 0 Å². The Morgan fingerprint density at radius 1 is 1.29 bits per heavy atom. The van der Waals surface area contributed by atoms with Crippen molar-refractivity contribution < 1.29 is 9.47 Å². The quantitative estimate of drug-likeness (QED) is 0.809. The maximum atomic E-state index is 5.55. The van der Waals surface area contributed by atoms with E-state index in [1.165, 1.54) is 0 Å². The van der Waals surface area contributed by atoms with Crippen molar-refractivity contribution in [2.75, 3.05) is 43.5 Å². The zero-order valence-electron chi connectivity index (χ0n) is 10.1. The van der Waals surface area contributed by atoms with Crippen molar-refractivity contribution in [3.05, 3.63) is 18.2 Å². The standard InChI is InChI=1S/C12H19N3O2/c1-2-13-11-4-3-5-12(15-11)14-8-10-9-16-6-7-17-10/h3-5,10H,2,6-9H2,1H3,(H2,13,14,15). The molecule has 0 spiro atoms. The summed E-state index contributed by atoms with van der Waals surface area (Å²) in [6.07, 6.45) is 0.119. The Balaban J connectivity index is 1.83. The van der Waals surface area contributed by atoms with Gasteiger partial charge in [-0.2, -0.15) is 0 Å². The number of hydrogen-bond donors (Lipinski definition) is 2. The van der Waals surface area contributed by atoms with Crippen LogP contribution >= 0.6 is 0 Å². The topological polar surface area (TPSA) is 55.4 Å². The van der Waals surface area contributed by atoms with E-state index in [-0.39, 0.29) is 6.10 Å². The van der Waals surface area contributed by atoms with Crippen molar-refractivity contribution in [2.45, 2.75) is 13.0 Å². The lowest BCUT2D eigenvalue weighted by Crippen LogP contribution is -2.34. The van der Waals surface area contributed by atoms with E-state index in [0.29, 0.717) is 19.8 Å². The van der Waals surface area contributed by atoms with E-state index >= 15 is 0 Å². The Bertz CT molecular complexity index is 340. The van der Waals surface area contributed by atoms with Crippen molar-refractivity contribution in [1.29, 1.82) is 0 Å². The molecule has 1 aliphatic heterocycles. The zero-order valence-corrected chi connectivity index (χ0v) is 10.1. The molecule has 1 saturated heterocycles. The Hall–Kier alpha value is -1.33. The molecule has 0 aromatic carbocycles. The summed E-state index contributed by atoms with van der Waals surface area (Å²) >= 11 is 0. The van der Waals surface area contributed by atoms with Gasteiger partial charge in [-0.15, -0.1) is 0 Å². The largest absolute Gasteiger partial charge is 0.376 e. The number of nitrogens with one attached hydrogen (secondary N) is 2. The third kappa shape index (κ3) is 3.87. The molecule has 0 aliphatic carbocycles. The molecule has 17 heavy (non-hydrogen) atoms. The molecule has 1 aromatic heterocycles. The third-order valence-corrected chi connectivity index (χ3v) is 2.50. The van der Waals surface area contributed by atoms with Crippen LogP contribution in [0, 0.1) is 0 Å². The van der Waals surface area contributed by atoms with Crippen LogP contribution in [0.25, 0.3) is 0 Å². The van der Waals surface area contributed by atoms with Crippen LogP contribution in [0.2, 0.25) is 0 Å². The van der Waals surface area contributed by atoms with Gasteiger partial charge in [0, 0.05) is 13.1 Å². The summed E-state index contributed by atoms with van der Waals surface area (Å²) in [4.78, 5) is 4.43. The highest BCUT2D eigenvalue weighted by atomic mass is 16.6. The van der Waals surface area contributed by atoms with Gasteiger partial charge in [-0.1, -0.05) is 6.07 Å². The molecular weight excluding hydrogens is 218 g/mol. The molecule has 0 saturated carbocycles. The van der Waals surface area contributed by atoms with Crippen molar-refractivity contribution in [2.24, 2.45) is 0 Å². The lowest BCUT2D eigenvalue weighted by Gasteiger charge is -2.23. The Kier molecular flexibility index (Phi) is 4.58. The van der Waals surface area contributed by atoms with Gasteiger partial charge in [-0.25, -0.2) is 4.98 Å². The van der Waals surface area contributed by atoms with Crippen molar-refractivity contribution in [3.63, 3.8) is 0 Å². The highest BCUT2D eigenvalue weighted by molar-refractivity contribution is 5.45. The molecule has 0 radical (unpaired) electrons. The third-order valence-electron chi connectivity index (χ3n) is 2.50.